The standard InChI is InChI=1S/C20H40N4OS.HI/c1-5-21-20(22-14-18-10-8-12-24(18)15-16(3)4)23-17-9-7-11-19(13-17)26(25)6-2;/h16-19H,5-15H2,1-4H3,(H2,21,22,23);1H/t17?,18-,19?,26?;/m1./s1. The molecule has 0 radical (unpaired) electrons. The minimum Gasteiger partial charge on any atom is -0.357 e. The zero-order valence-corrected chi connectivity index (χ0v) is 20.9. The summed E-state index contributed by atoms with van der Waals surface area (Å²) in [5.74, 6) is 2.43. The molecule has 1 saturated carbocycles. The third kappa shape index (κ3) is 8.56. The Labute approximate surface area is 186 Å². The lowest BCUT2D eigenvalue weighted by molar-refractivity contribution is 0.231. The Morgan fingerprint density at radius 2 is 2.00 bits per heavy atom. The maximum absolute atomic E-state index is 12.2. The Balaban J connectivity index is 0.00000364. The minimum atomic E-state index is -0.676. The van der Waals surface area contributed by atoms with Crippen molar-refractivity contribution in [3.8, 4) is 0 Å². The van der Waals surface area contributed by atoms with Crippen molar-refractivity contribution in [1.29, 1.82) is 0 Å². The molecule has 1 saturated heterocycles. The second kappa shape index (κ2) is 13.4. The molecule has 27 heavy (non-hydrogen) atoms. The molecular weight excluding hydrogens is 471 g/mol. The molecule has 160 valence electrons. The van der Waals surface area contributed by atoms with Gasteiger partial charge in [-0.3, -0.25) is 14.1 Å². The van der Waals surface area contributed by atoms with Gasteiger partial charge in [0.25, 0.3) is 0 Å². The third-order valence-electron chi connectivity index (χ3n) is 5.53. The van der Waals surface area contributed by atoms with Crippen molar-refractivity contribution in [3.05, 3.63) is 0 Å². The molecule has 3 unspecified atom stereocenters. The van der Waals surface area contributed by atoms with Gasteiger partial charge in [0.1, 0.15) is 0 Å². The van der Waals surface area contributed by atoms with Crippen LogP contribution < -0.4 is 10.6 Å². The average Bonchev–Trinajstić information content (AvgIpc) is 3.05. The van der Waals surface area contributed by atoms with Crippen LogP contribution in [0, 0.1) is 5.92 Å². The van der Waals surface area contributed by atoms with Crippen molar-refractivity contribution in [2.24, 2.45) is 10.9 Å². The number of nitrogens with one attached hydrogen (secondary N) is 2. The van der Waals surface area contributed by atoms with Gasteiger partial charge in [-0.25, -0.2) is 0 Å². The van der Waals surface area contributed by atoms with Crippen molar-refractivity contribution in [2.75, 3.05) is 31.9 Å². The smallest absolute Gasteiger partial charge is 0.191 e. The van der Waals surface area contributed by atoms with E-state index in [-0.39, 0.29) is 24.0 Å². The zero-order chi connectivity index (χ0) is 18.9. The Morgan fingerprint density at radius 1 is 1.22 bits per heavy atom. The lowest BCUT2D eigenvalue weighted by atomic mass is 9.95. The van der Waals surface area contributed by atoms with Gasteiger partial charge in [0.15, 0.2) is 5.96 Å². The minimum absolute atomic E-state index is 0. The molecule has 0 amide bonds. The predicted octanol–water partition coefficient (Wildman–Crippen LogP) is 3.36. The van der Waals surface area contributed by atoms with E-state index in [4.69, 9.17) is 4.99 Å². The van der Waals surface area contributed by atoms with E-state index in [0.717, 1.165) is 50.5 Å². The molecule has 7 heteroatoms. The molecule has 1 aliphatic heterocycles. The normalized spacial score (nSPS) is 28.0. The number of likely N-dealkylation sites (tertiary alicyclic amines) is 1. The first-order chi connectivity index (χ1) is 12.5. The molecular formula is C20H41IN4OS. The Morgan fingerprint density at radius 3 is 2.67 bits per heavy atom. The molecule has 0 spiro atoms. The van der Waals surface area contributed by atoms with Gasteiger partial charge in [0, 0.05) is 47.0 Å². The van der Waals surface area contributed by atoms with Crippen molar-refractivity contribution in [2.45, 2.75) is 83.6 Å². The van der Waals surface area contributed by atoms with Crippen molar-refractivity contribution in [1.82, 2.24) is 15.5 Å². The summed E-state index contributed by atoms with van der Waals surface area (Å²) >= 11 is 0. The Hall–Kier alpha value is 0.110. The highest BCUT2D eigenvalue weighted by Gasteiger charge is 2.27. The van der Waals surface area contributed by atoms with E-state index in [1.807, 2.05) is 6.92 Å². The van der Waals surface area contributed by atoms with Crippen LogP contribution >= 0.6 is 24.0 Å². The van der Waals surface area contributed by atoms with Gasteiger partial charge in [-0.05, 0) is 51.5 Å². The summed E-state index contributed by atoms with van der Waals surface area (Å²) in [6, 6.07) is 0.983. The summed E-state index contributed by atoms with van der Waals surface area (Å²) in [6.07, 6.45) is 7.00. The van der Waals surface area contributed by atoms with E-state index in [1.165, 1.54) is 25.9 Å². The Kier molecular flexibility index (Phi) is 12.4. The largest absolute Gasteiger partial charge is 0.357 e. The number of aliphatic imine (C=N–C) groups is 1. The molecule has 5 nitrogen and oxygen atoms in total. The molecule has 2 fully saturated rings. The number of hydrogen-bond acceptors (Lipinski definition) is 3. The zero-order valence-electron chi connectivity index (χ0n) is 17.7. The first-order valence-electron chi connectivity index (χ1n) is 10.7. The lowest BCUT2D eigenvalue weighted by Gasteiger charge is -2.30. The highest BCUT2D eigenvalue weighted by atomic mass is 127. The molecule has 4 atom stereocenters. The van der Waals surface area contributed by atoms with Gasteiger partial charge in [-0.1, -0.05) is 27.2 Å². The number of nitrogens with zero attached hydrogens (tertiary/aromatic N) is 2. The summed E-state index contributed by atoms with van der Waals surface area (Å²) in [7, 11) is -0.676. The van der Waals surface area contributed by atoms with Gasteiger partial charge >= 0.3 is 0 Å². The van der Waals surface area contributed by atoms with Crippen LogP contribution in [-0.2, 0) is 10.8 Å². The second-order valence-corrected chi connectivity index (χ2v) is 10.2. The van der Waals surface area contributed by atoms with Crippen LogP contribution in [0.4, 0.5) is 0 Å². The van der Waals surface area contributed by atoms with E-state index in [2.05, 4.69) is 36.3 Å². The molecule has 0 aromatic carbocycles. The van der Waals surface area contributed by atoms with Crippen molar-refractivity contribution in [3.63, 3.8) is 0 Å². The van der Waals surface area contributed by atoms with E-state index in [9.17, 15) is 4.21 Å². The molecule has 1 aliphatic carbocycles. The van der Waals surface area contributed by atoms with Crippen LogP contribution in [0.5, 0.6) is 0 Å². The van der Waals surface area contributed by atoms with E-state index in [1.54, 1.807) is 0 Å². The van der Waals surface area contributed by atoms with E-state index >= 15 is 0 Å². The molecule has 2 aliphatic rings. The van der Waals surface area contributed by atoms with Gasteiger partial charge < -0.3 is 10.6 Å². The molecule has 0 aromatic heterocycles. The average molecular weight is 513 g/mol. The number of rotatable bonds is 8. The van der Waals surface area contributed by atoms with Gasteiger partial charge in [-0.2, -0.15) is 0 Å². The van der Waals surface area contributed by atoms with Crippen LogP contribution in [0.1, 0.15) is 66.2 Å². The summed E-state index contributed by atoms with van der Waals surface area (Å²) in [6.45, 7) is 12.9. The maximum atomic E-state index is 12.2. The fourth-order valence-electron chi connectivity index (χ4n) is 4.27. The highest BCUT2D eigenvalue weighted by Crippen LogP contribution is 2.23. The molecule has 2 N–H and O–H groups in total. The predicted molar refractivity (Wildman–Crippen MR) is 129 cm³/mol. The molecule has 2 rings (SSSR count). The maximum Gasteiger partial charge on any atom is 0.191 e. The monoisotopic (exact) mass is 512 g/mol. The summed E-state index contributed by atoms with van der Waals surface area (Å²) < 4.78 is 12.2. The van der Waals surface area contributed by atoms with Crippen LogP contribution in [0.15, 0.2) is 4.99 Å². The summed E-state index contributed by atoms with van der Waals surface area (Å²) in [5, 5.41) is 7.40. The van der Waals surface area contributed by atoms with Crippen molar-refractivity contribution < 1.29 is 4.21 Å². The fraction of sp³-hybridized carbons (Fsp3) is 0.950. The van der Waals surface area contributed by atoms with E-state index < -0.39 is 10.8 Å². The SMILES string of the molecule is CCNC(=NC[C@H]1CCCN1CC(C)C)NC1CCCC(S(=O)CC)C1.I. The first-order valence-corrected chi connectivity index (χ1v) is 12.1. The summed E-state index contributed by atoms with van der Waals surface area (Å²) in [4.78, 5) is 7.52. The Bertz CT molecular complexity index is 475. The quantitative estimate of drug-likeness (QED) is 0.298. The lowest BCUT2D eigenvalue weighted by Crippen LogP contribution is -2.47. The highest BCUT2D eigenvalue weighted by molar-refractivity contribution is 14.0. The molecule has 1 heterocycles. The van der Waals surface area contributed by atoms with Gasteiger partial charge in [0.05, 0.1) is 6.54 Å². The molecule has 0 aromatic rings. The van der Waals surface area contributed by atoms with Crippen molar-refractivity contribution >= 4 is 40.7 Å². The first kappa shape index (κ1) is 25.1. The van der Waals surface area contributed by atoms with Gasteiger partial charge in [-0.15, -0.1) is 24.0 Å². The number of halogens is 1. The topological polar surface area (TPSA) is 56.7 Å². The van der Waals surface area contributed by atoms with E-state index in [0.29, 0.717) is 23.3 Å². The van der Waals surface area contributed by atoms with Crippen LogP contribution in [-0.4, -0.2) is 64.3 Å². The fourth-order valence-corrected chi connectivity index (χ4v) is 5.62. The van der Waals surface area contributed by atoms with Gasteiger partial charge in [0.2, 0.25) is 0 Å². The van der Waals surface area contributed by atoms with Crippen LogP contribution in [0.3, 0.4) is 0 Å². The number of hydrogen-bond donors (Lipinski definition) is 2. The van der Waals surface area contributed by atoms with Crippen LogP contribution in [0.2, 0.25) is 0 Å². The third-order valence-corrected chi connectivity index (χ3v) is 7.27. The van der Waals surface area contributed by atoms with Crippen LogP contribution in [0.25, 0.3) is 0 Å². The number of guanidine groups is 1. The molecule has 0 bridgehead atoms. The second-order valence-electron chi connectivity index (χ2n) is 8.20. The summed E-state index contributed by atoms with van der Waals surface area (Å²) in [5.41, 5.74) is 0.